The maximum atomic E-state index is 12.9. The van der Waals surface area contributed by atoms with Gasteiger partial charge in [0.2, 0.25) is 0 Å². The molecule has 6 rings (SSSR count). The summed E-state index contributed by atoms with van der Waals surface area (Å²) in [6.07, 6.45) is 4.08. The third-order valence-electron chi connectivity index (χ3n) is 6.52. The van der Waals surface area contributed by atoms with Crippen LogP contribution in [0.5, 0.6) is 0 Å². The number of anilines is 3. The minimum absolute atomic E-state index is 0.00353. The zero-order valence-electron chi connectivity index (χ0n) is 18.7. The molecular formula is C23H31N7O. The number of piperidine rings is 2. The SMILES string of the molecule is Cn1c(=O)n(CC(C)(C)C)c2ccc(N3CC4CCC3CN4c3ccnc(N)c3)nc21. The van der Waals surface area contributed by atoms with Gasteiger partial charge < -0.3 is 15.5 Å². The molecule has 2 N–H and O–H groups in total. The smallest absolute Gasteiger partial charge is 0.330 e. The van der Waals surface area contributed by atoms with Crippen LogP contribution in [0.2, 0.25) is 0 Å². The first kappa shape index (κ1) is 19.9. The summed E-state index contributed by atoms with van der Waals surface area (Å²) in [6, 6.07) is 8.95. The molecule has 0 amide bonds. The summed E-state index contributed by atoms with van der Waals surface area (Å²) >= 11 is 0. The second-order valence-corrected chi connectivity index (χ2v) is 10.1. The van der Waals surface area contributed by atoms with E-state index in [0.29, 0.717) is 24.4 Å². The molecule has 164 valence electrons. The molecule has 0 aliphatic carbocycles. The van der Waals surface area contributed by atoms with Gasteiger partial charge in [-0.25, -0.2) is 14.8 Å². The fraction of sp³-hybridized carbons (Fsp3) is 0.522. The van der Waals surface area contributed by atoms with Crippen molar-refractivity contribution in [2.75, 3.05) is 28.6 Å². The molecule has 3 aliphatic rings. The van der Waals surface area contributed by atoms with Crippen molar-refractivity contribution >= 4 is 28.5 Å². The minimum atomic E-state index is -0.00353. The van der Waals surface area contributed by atoms with Gasteiger partial charge in [-0.2, -0.15) is 0 Å². The Bertz CT molecular complexity index is 1190. The molecule has 0 radical (unpaired) electrons. The number of nitrogen functional groups attached to an aromatic ring is 1. The third-order valence-corrected chi connectivity index (χ3v) is 6.52. The molecular weight excluding hydrogens is 390 g/mol. The van der Waals surface area contributed by atoms with E-state index in [-0.39, 0.29) is 11.1 Å². The highest BCUT2D eigenvalue weighted by Gasteiger charge is 2.39. The number of pyridine rings is 2. The zero-order valence-corrected chi connectivity index (χ0v) is 18.7. The first-order valence-electron chi connectivity index (χ1n) is 11.0. The number of aryl methyl sites for hydroxylation is 1. The minimum Gasteiger partial charge on any atom is -0.384 e. The standard InChI is InChI=1S/C23H31N7O/c1-23(2,3)14-30-18-7-8-20(26-21(18)27(4)22(30)31)29-13-16-5-6-17(29)12-28(16)15-9-10-25-19(24)11-15/h7-11,16-17H,5-6,12-14H2,1-4H3,(H2,24,25). The van der Waals surface area contributed by atoms with E-state index < -0.39 is 0 Å². The third kappa shape index (κ3) is 3.43. The largest absolute Gasteiger partial charge is 0.384 e. The van der Waals surface area contributed by atoms with Gasteiger partial charge >= 0.3 is 5.69 Å². The van der Waals surface area contributed by atoms with Gasteiger partial charge in [0.15, 0.2) is 5.65 Å². The highest BCUT2D eigenvalue weighted by Crippen LogP contribution is 2.35. The van der Waals surface area contributed by atoms with E-state index in [9.17, 15) is 4.79 Å². The molecule has 3 aromatic rings. The van der Waals surface area contributed by atoms with E-state index in [0.717, 1.165) is 48.6 Å². The zero-order chi connectivity index (χ0) is 21.9. The van der Waals surface area contributed by atoms with Crippen LogP contribution < -0.4 is 21.2 Å². The van der Waals surface area contributed by atoms with Crippen molar-refractivity contribution in [2.45, 2.75) is 52.2 Å². The monoisotopic (exact) mass is 421 g/mol. The highest BCUT2D eigenvalue weighted by atomic mass is 16.1. The van der Waals surface area contributed by atoms with E-state index in [4.69, 9.17) is 10.7 Å². The second-order valence-electron chi connectivity index (χ2n) is 10.1. The van der Waals surface area contributed by atoms with E-state index in [2.05, 4.69) is 47.7 Å². The molecule has 31 heavy (non-hydrogen) atoms. The topological polar surface area (TPSA) is 85.2 Å². The Morgan fingerprint density at radius 3 is 2.45 bits per heavy atom. The summed E-state index contributed by atoms with van der Waals surface area (Å²) in [6.45, 7) is 8.97. The summed E-state index contributed by atoms with van der Waals surface area (Å²) in [4.78, 5) is 26.8. The highest BCUT2D eigenvalue weighted by molar-refractivity contribution is 5.74. The molecule has 6 heterocycles. The van der Waals surface area contributed by atoms with Crippen LogP contribution in [-0.4, -0.2) is 44.3 Å². The number of hydrogen-bond acceptors (Lipinski definition) is 6. The molecule has 3 aliphatic heterocycles. The Balaban J connectivity index is 1.46. The molecule has 3 aromatic heterocycles. The van der Waals surface area contributed by atoms with Gasteiger partial charge in [-0.15, -0.1) is 0 Å². The van der Waals surface area contributed by atoms with E-state index >= 15 is 0 Å². The molecule has 0 saturated carbocycles. The number of piperazine rings is 1. The average Bonchev–Trinajstić information content (AvgIpc) is 2.97. The van der Waals surface area contributed by atoms with Crippen LogP contribution in [-0.2, 0) is 13.6 Å². The summed E-state index contributed by atoms with van der Waals surface area (Å²) < 4.78 is 3.53. The predicted molar refractivity (Wildman–Crippen MR) is 125 cm³/mol. The first-order chi connectivity index (χ1) is 14.7. The van der Waals surface area contributed by atoms with E-state index in [1.165, 1.54) is 0 Å². The van der Waals surface area contributed by atoms with Gasteiger partial charge in [0.1, 0.15) is 11.6 Å². The van der Waals surface area contributed by atoms with Crippen LogP contribution in [0.15, 0.2) is 35.3 Å². The van der Waals surface area contributed by atoms with Crippen LogP contribution in [0.1, 0.15) is 33.6 Å². The van der Waals surface area contributed by atoms with Gasteiger partial charge in [-0.1, -0.05) is 20.8 Å². The Morgan fingerprint density at radius 1 is 1.10 bits per heavy atom. The van der Waals surface area contributed by atoms with Crippen LogP contribution in [0, 0.1) is 5.41 Å². The van der Waals surface area contributed by atoms with Crippen molar-refractivity contribution in [1.82, 2.24) is 19.1 Å². The van der Waals surface area contributed by atoms with Crippen molar-refractivity contribution in [3.8, 4) is 0 Å². The van der Waals surface area contributed by atoms with Gasteiger partial charge in [0.05, 0.1) is 5.52 Å². The lowest BCUT2D eigenvalue weighted by atomic mass is 9.90. The molecule has 8 heteroatoms. The summed E-state index contributed by atoms with van der Waals surface area (Å²) in [5.74, 6) is 1.52. The molecule has 3 fully saturated rings. The average molecular weight is 422 g/mol. The van der Waals surface area contributed by atoms with Gasteiger partial charge in [0.25, 0.3) is 0 Å². The van der Waals surface area contributed by atoms with Crippen LogP contribution in [0.3, 0.4) is 0 Å². The molecule has 3 saturated heterocycles. The Kier molecular flexibility index (Phi) is 4.50. The van der Waals surface area contributed by atoms with Crippen molar-refractivity contribution in [2.24, 2.45) is 12.5 Å². The van der Waals surface area contributed by atoms with Crippen molar-refractivity contribution in [3.05, 3.63) is 40.9 Å². The summed E-state index contributed by atoms with van der Waals surface area (Å²) in [7, 11) is 1.82. The fourth-order valence-electron chi connectivity index (χ4n) is 5.09. The number of aromatic nitrogens is 4. The Morgan fingerprint density at radius 2 is 1.81 bits per heavy atom. The maximum absolute atomic E-state index is 12.9. The Labute approximate surface area is 182 Å². The van der Waals surface area contributed by atoms with E-state index in [1.807, 2.05) is 23.7 Å². The lowest BCUT2D eigenvalue weighted by Crippen LogP contribution is -2.63. The lowest BCUT2D eigenvalue weighted by molar-refractivity contribution is 0.332. The number of nitrogens with two attached hydrogens (primary N) is 1. The molecule has 2 unspecified atom stereocenters. The van der Waals surface area contributed by atoms with Crippen molar-refractivity contribution in [3.63, 3.8) is 0 Å². The molecule has 0 spiro atoms. The van der Waals surface area contributed by atoms with Gasteiger partial charge in [0, 0.05) is 56.7 Å². The van der Waals surface area contributed by atoms with Crippen molar-refractivity contribution in [1.29, 1.82) is 0 Å². The summed E-state index contributed by atoms with van der Waals surface area (Å²) in [5, 5.41) is 0. The van der Waals surface area contributed by atoms with Crippen molar-refractivity contribution < 1.29 is 0 Å². The van der Waals surface area contributed by atoms with Crippen LogP contribution >= 0.6 is 0 Å². The first-order valence-corrected chi connectivity index (χ1v) is 11.0. The quantitative estimate of drug-likeness (QED) is 0.700. The second kappa shape index (κ2) is 7.00. The van der Waals surface area contributed by atoms with Crippen LogP contribution in [0.4, 0.5) is 17.3 Å². The fourth-order valence-corrected chi connectivity index (χ4v) is 5.09. The van der Waals surface area contributed by atoms with Gasteiger partial charge in [-0.05, 0) is 36.5 Å². The maximum Gasteiger partial charge on any atom is 0.330 e. The number of fused-ring (bicyclic) bond motifs is 4. The molecule has 2 bridgehead atoms. The number of imidazole rings is 1. The normalized spacial score (nSPS) is 21.3. The number of nitrogens with zero attached hydrogens (tertiary/aromatic N) is 6. The van der Waals surface area contributed by atoms with Gasteiger partial charge in [-0.3, -0.25) is 9.13 Å². The van der Waals surface area contributed by atoms with Crippen LogP contribution in [0.25, 0.3) is 11.2 Å². The molecule has 0 aromatic carbocycles. The lowest BCUT2D eigenvalue weighted by Gasteiger charge is -2.53. The summed E-state index contributed by atoms with van der Waals surface area (Å²) in [5.41, 5.74) is 8.73. The predicted octanol–water partition coefficient (Wildman–Crippen LogP) is 2.62. The Hall–Kier alpha value is -3.03. The molecule has 8 nitrogen and oxygen atoms in total. The molecule has 2 atom stereocenters. The van der Waals surface area contributed by atoms with E-state index in [1.54, 1.807) is 10.8 Å². The number of rotatable bonds is 3. The number of hydrogen-bond donors (Lipinski definition) is 1.